The topological polar surface area (TPSA) is 73.7 Å². The number of rotatable bonds is 6. The maximum atomic E-state index is 9.60. The van der Waals surface area contributed by atoms with Crippen LogP contribution in [0.15, 0.2) is 89.9 Å². The van der Waals surface area contributed by atoms with Gasteiger partial charge in [0.25, 0.3) is 0 Å². The largest absolute Gasteiger partial charge is 0.508 e. The highest BCUT2D eigenvalue weighted by molar-refractivity contribution is 6.06. The van der Waals surface area contributed by atoms with E-state index in [0.717, 1.165) is 75.8 Å². The van der Waals surface area contributed by atoms with E-state index in [0.29, 0.717) is 6.04 Å². The number of likely N-dealkylation sites (N-methyl/N-ethyl adjacent to an activating group) is 1. The Morgan fingerprint density at radius 1 is 0.897 bits per heavy atom. The van der Waals surface area contributed by atoms with E-state index in [2.05, 4.69) is 65.5 Å². The fraction of sp³-hybridized carbons (Fsp3) is 0.212. The Hall–Kier alpha value is -4.42. The number of nitrogens with zero attached hydrogens (tertiary/aromatic N) is 3. The number of aromatic nitrogens is 2. The lowest BCUT2D eigenvalue weighted by Gasteiger charge is -2.19. The van der Waals surface area contributed by atoms with Crippen molar-refractivity contribution >= 4 is 22.4 Å². The van der Waals surface area contributed by atoms with E-state index in [1.165, 1.54) is 18.4 Å². The SMILES string of the molecule is CN1CCC[C@H]1COc1ccc(-c2nc3ccc(-c4ccc5c(c4)N=C(c4ccc(O)cc4)C5)cc3[nH]2)cc1. The molecule has 6 heteroatoms. The van der Waals surface area contributed by atoms with Crippen LogP contribution >= 0.6 is 0 Å². The van der Waals surface area contributed by atoms with Crippen molar-refractivity contribution in [3.05, 3.63) is 96.1 Å². The highest BCUT2D eigenvalue weighted by Crippen LogP contribution is 2.35. The predicted molar refractivity (Wildman–Crippen MR) is 156 cm³/mol. The highest BCUT2D eigenvalue weighted by atomic mass is 16.5. The average molecular weight is 515 g/mol. The first-order valence-corrected chi connectivity index (χ1v) is 13.5. The third-order valence-electron chi connectivity index (χ3n) is 7.96. The van der Waals surface area contributed by atoms with Gasteiger partial charge in [0.2, 0.25) is 0 Å². The number of nitrogens with one attached hydrogen (secondary N) is 1. The second kappa shape index (κ2) is 9.71. The molecule has 0 unspecified atom stereocenters. The van der Waals surface area contributed by atoms with Crippen LogP contribution in [0.4, 0.5) is 5.69 Å². The standard InChI is InChI=1S/C33H30N4O2/c1-37-16-2-3-26(37)20-39-28-13-8-22(9-14-28)33-35-29-15-10-24(18-32(29)36-33)23-4-5-25-19-30(34-31(25)17-23)21-6-11-27(38)12-7-21/h4-15,17-18,26,38H,2-3,16,19-20H2,1H3,(H,35,36)/t26-/m0/s1. The summed E-state index contributed by atoms with van der Waals surface area (Å²) in [5, 5.41) is 9.60. The van der Waals surface area contributed by atoms with Crippen molar-refractivity contribution in [3.63, 3.8) is 0 Å². The molecule has 0 radical (unpaired) electrons. The zero-order valence-electron chi connectivity index (χ0n) is 21.9. The molecule has 0 amide bonds. The van der Waals surface area contributed by atoms with Gasteiger partial charge < -0.3 is 19.7 Å². The lowest BCUT2D eigenvalue weighted by atomic mass is 10.00. The fourth-order valence-electron chi connectivity index (χ4n) is 5.60. The number of aromatic hydroxyl groups is 1. The molecule has 1 aromatic heterocycles. The summed E-state index contributed by atoms with van der Waals surface area (Å²) in [5.41, 5.74) is 9.50. The molecule has 2 aliphatic heterocycles. The number of ether oxygens (including phenoxy) is 1. The number of aliphatic imine (C=N–C) groups is 1. The predicted octanol–water partition coefficient (Wildman–Crippen LogP) is 6.75. The first-order chi connectivity index (χ1) is 19.1. The Kier molecular flexibility index (Phi) is 5.90. The molecule has 0 bridgehead atoms. The zero-order valence-corrected chi connectivity index (χ0v) is 21.9. The minimum atomic E-state index is 0.267. The van der Waals surface area contributed by atoms with Gasteiger partial charge in [-0.3, -0.25) is 4.99 Å². The van der Waals surface area contributed by atoms with E-state index in [1.54, 1.807) is 12.1 Å². The average Bonchev–Trinajstić information content (AvgIpc) is 3.69. The second-order valence-corrected chi connectivity index (χ2v) is 10.6. The Bertz CT molecular complexity index is 1690. The van der Waals surface area contributed by atoms with Crippen molar-refractivity contribution in [2.45, 2.75) is 25.3 Å². The van der Waals surface area contributed by atoms with Gasteiger partial charge in [-0.05, 0) is 115 Å². The van der Waals surface area contributed by atoms with Gasteiger partial charge in [0.1, 0.15) is 23.9 Å². The second-order valence-electron chi connectivity index (χ2n) is 10.6. The molecular weight excluding hydrogens is 484 g/mol. The lowest BCUT2D eigenvalue weighted by molar-refractivity contribution is 0.198. The molecule has 0 aliphatic carbocycles. The molecule has 1 fully saturated rings. The van der Waals surface area contributed by atoms with Gasteiger partial charge in [-0.25, -0.2) is 4.98 Å². The van der Waals surface area contributed by atoms with E-state index >= 15 is 0 Å². The van der Waals surface area contributed by atoms with E-state index in [-0.39, 0.29) is 5.75 Å². The molecule has 4 aromatic carbocycles. The molecule has 1 saturated heterocycles. The number of aromatic amines is 1. The van der Waals surface area contributed by atoms with Crippen LogP contribution in [0.5, 0.6) is 11.5 Å². The molecule has 2 N–H and O–H groups in total. The molecule has 2 aliphatic rings. The molecule has 6 nitrogen and oxygen atoms in total. The molecule has 194 valence electrons. The number of hydrogen-bond acceptors (Lipinski definition) is 5. The molecule has 7 rings (SSSR count). The molecular formula is C33H30N4O2. The molecule has 0 saturated carbocycles. The maximum absolute atomic E-state index is 9.60. The van der Waals surface area contributed by atoms with Crippen LogP contribution in [0.25, 0.3) is 33.5 Å². The van der Waals surface area contributed by atoms with E-state index in [9.17, 15) is 5.11 Å². The van der Waals surface area contributed by atoms with Gasteiger partial charge in [-0.1, -0.05) is 18.2 Å². The van der Waals surface area contributed by atoms with Crippen LogP contribution < -0.4 is 4.74 Å². The van der Waals surface area contributed by atoms with Crippen molar-refractivity contribution in [2.24, 2.45) is 4.99 Å². The first-order valence-electron chi connectivity index (χ1n) is 13.5. The number of H-pyrrole nitrogens is 1. The Labute approximate surface area is 227 Å². The summed E-state index contributed by atoms with van der Waals surface area (Å²) < 4.78 is 6.05. The van der Waals surface area contributed by atoms with Gasteiger partial charge >= 0.3 is 0 Å². The number of likely N-dealkylation sites (tertiary alicyclic amines) is 1. The van der Waals surface area contributed by atoms with Gasteiger partial charge in [-0.2, -0.15) is 0 Å². The van der Waals surface area contributed by atoms with E-state index in [1.807, 2.05) is 24.3 Å². The van der Waals surface area contributed by atoms with Crippen molar-refractivity contribution in [3.8, 4) is 34.0 Å². The van der Waals surface area contributed by atoms with Gasteiger partial charge in [0.05, 0.1) is 22.4 Å². The number of hydrogen-bond donors (Lipinski definition) is 2. The van der Waals surface area contributed by atoms with Crippen LogP contribution in [0.1, 0.15) is 24.0 Å². The highest BCUT2D eigenvalue weighted by Gasteiger charge is 2.21. The third-order valence-corrected chi connectivity index (χ3v) is 7.96. The number of phenolic OH excluding ortho intramolecular Hbond substituents is 1. The Morgan fingerprint density at radius 2 is 1.64 bits per heavy atom. The van der Waals surface area contributed by atoms with Gasteiger partial charge in [0.15, 0.2) is 0 Å². The van der Waals surface area contributed by atoms with Crippen LogP contribution in [0.3, 0.4) is 0 Å². The summed E-state index contributed by atoms with van der Waals surface area (Å²) in [6, 6.07) is 28.8. The summed E-state index contributed by atoms with van der Waals surface area (Å²) in [7, 11) is 2.17. The van der Waals surface area contributed by atoms with Crippen molar-refractivity contribution in [1.29, 1.82) is 0 Å². The summed E-state index contributed by atoms with van der Waals surface area (Å²) in [5.74, 6) is 2.01. The molecule has 5 aromatic rings. The normalized spacial score (nSPS) is 16.9. The molecule has 1 atom stereocenters. The number of benzene rings is 4. The van der Waals surface area contributed by atoms with Gasteiger partial charge in [-0.15, -0.1) is 0 Å². The minimum Gasteiger partial charge on any atom is -0.508 e. The third kappa shape index (κ3) is 4.68. The zero-order chi connectivity index (χ0) is 26.3. The number of fused-ring (bicyclic) bond motifs is 2. The summed E-state index contributed by atoms with van der Waals surface area (Å²) in [4.78, 5) is 15.6. The van der Waals surface area contributed by atoms with Crippen molar-refractivity contribution in [1.82, 2.24) is 14.9 Å². The quantitative estimate of drug-likeness (QED) is 0.263. The van der Waals surface area contributed by atoms with Crippen LogP contribution in [0, 0.1) is 0 Å². The fourth-order valence-corrected chi connectivity index (χ4v) is 5.60. The monoisotopic (exact) mass is 514 g/mol. The maximum Gasteiger partial charge on any atom is 0.138 e. The van der Waals surface area contributed by atoms with Crippen LogP contribution in [0.2, 0.25) is 0 Å². The van der Waals surface area contributed by atoms with Crippen molar-refractivity contribution in [2.75, 3.05) is 20.2 Å². The minimum absolute atomic E-state index is 0.267. The smallest absolute Gasteiger partial charge is 0.138 e. The lowest BCUT2D eigenvalue weighted by Crippen LogP contribution is -2.30. The van der Waals surface area contributed by atoms with E-state index in [4.69, 9.17) is 14.7 Å². The summed E-state index contributed by atoms with van der Waals surface area (Å²) in [6.07, 6.45) is 3.25. The first kappa shape index (κ1) is 23.7. The number of imidazole rings is 1. The molecule has 0 spiro atoms. The van der Waals surface area contributed by atoms with Gasteiger partial charge in [0, 0.05) is 18.0 Å². The Balaban J connectivity index is 1.10. The number of phenols is 1. The molecule has 3 heterocycles. The van der Waals surface area contributed by atoms with Crippen LogP contribution in [-0.2, 0) is 6.42 Å². The van der Waals surface area contributed by atoms with Crippen LogP contribution in [-0.4, -0.2) is 51.9 Å². The summed E-state index contributed by atoms with van der Waals surface area (Å²) in [6.45, 7) is 1.89. The molecule has 39 heavy (non-hydrogen) atoms. The Morgan fingerprint density at radius 3 is 2.44 bits per heavy atom. The summed E-state index contributed by atoms with van der Waals surface area (Å²) >= 11 is 0. The van der Waals surface area contributed by atoms with Crippen molar-refractivity contribution < 1.29 is 9.84 Å². The van der Waals surface area contributed by atoms with E-state index < -0.39 is 0 Å².